The summed E-state index contributed by atoms with van der Waals surface area (Å²) >= 11 is 17.9. The molecule has 1 unspecified atom stereocenters. The summed E-state index contributed by atoms with van der Waals surface area (Å²) in [6.45, 7) is 0. The van der Waals surface area contributed by atoms with Crippen LogP contribution in [0.3, 0.4) is 0 Å². The SMILES string of the molecule is NS(=O)(=O)c1cc2c(cc1Cl)NC(c1ccc(Cl)cc1Cl)NS2(=O)=O. The minimum Gasteiger partial charge on any atom is -0.364 e. The van der Waals surface area contributed by atoms with Gasteiger partial charge in [-0.15, -0.1) is 0 Å². The molecule has 0 saturated carbocycles. The van der Waals surface area contributed by atoms with E-state index in [1.807, 2.05) is 0 Å². The standard InChI is InChI=1S/C13H10Cl3N3O4S2/c14-6-1-2-7(8(15)3-6)13-18-10-4-9(16)11(24(17,20)21)5-12(10)25(22,23)19-13/h1-5,13,18-19H,(H2,17,20,21). The fourth-order valence-corrected chi connectivity index (χ4v) is 5.36. The van der Waals surface area contributed by atoms with Crippen LogP contribution in [-0.2, 0) is 20.0 Å². The Morgan fingerprint density at radius 1 is 1.04 bits per heavy atom. The van der Waals surface area contributed by atoms with E-state index >= 15 is 0 Å². The quantitative estimate of drug-likeness (QED) is 0.661. The molecular weight excluding hydrogens is 433 g/mol. The number of hydrogen-bond donors (Lipinski definition) is 3. The smallest absolute Gasteiger partial charge is 0.244 e. The molecule has 1 atom stereocenters. The van der Waals surface area contributed by atoms with Crippen molar-refractivity contribution in [1.29, 1.82) is 0 Å². The molecule has 4 N–H and O–H groups in total. The molecule has 0 radical (unpaired) electrons. The predicted molar refractivity (Wildman–Crippen MR) is 96.0 cm³/mol. The third-order valence-electron chi connectivity index (χ3n) is 3.48. The average molecular weight is 443 g/mol. The summed E-state index contributed by atoms with van der Waals surface area (Å²) in [5.74, 6) is 0. The molecule has 0 bridgehead atoms. The summed E-state index contributed by atoms with van der Waals surface area (Å²) in [6.07, 6.45) is -0.890. The van der Waals surface area contributed by atoms with Crippen molar-refractivity contribution >= 4 is 60.5 Å². The number of primary sulfonamides is 1. The van der Waals surface area contributed by atoms with Crippen LogP contribution >= 0.6 is 34.8 Å². The van der Waals surface area contributed by atoms with E-state index in [0.29, 0.717) is 10.6 Å². The molecule has 1 aliphatic rings. The van der Waals surface area contributed by atoms with Crippen molar-refractivity contribution in [2.75, 3.05) is 5.32 Å². The molecule has 0 saturated heterocycles. The van der Waals surface area contributed by atoms with Gasteiger partial charge in [0, 0.05) is 15.6 Å². The number of benzene rings is 2. The number of hydrogen-bond acceptors (Lipinski definition) is 5. The van der Waals surface area contributed by atoms with Gasteiger partial charge in [0.15, 0.2) is 0 Å². The Kier molecular flexibility index (Phi) is 4.70. The third-order valence-corrected chi connectivity index (χ3v) is 6.88. The molecule has 134 valence electrons. The largest absolute Gasteiger partial charge is 0.364 e. The first-order valence-corrected chi connectivity index (χ1v) is 10.8. The highest BCUT2D eigenvalue weighted by Gasteiger charge is 2.33. The van der Waals surface area contributed by atoms with Gasteiger partial charge < -0.3 is 5.32 Å². The van der Waals surface area contributed by atoms with Crippen LogP contribution < -0.4 is 15.2 Å². The van der Waals surface area contributed by atoms with Gasteiger partial charge in [0.05, 0.1) is 10.7 Å². The first-order chi connectivity index (χ1) is 11.5. The van der Waals surface area contributed by atoms with Crippen LogP contribution in [0.2, 0.25) is 15.1 Å². The van der Waals surface area contributed by atoms with Crippen molar-refractivity contribution in [2.45, 2.75) is 16.0 Å². The van der Waals surface area contributed by atoms with Gasteiger partial charge in [-0.05, 0) is 24.3 Å². The molecule has 7 nitrogen and oxygen atoms in total. The van der Waals surface area contributed by atoms with Gasteiger partial charge >= 0.3 is 0 Å². The van der Waals surface area contributed by atoms with Crippen LogP contribution in [0.1, 0.15) is 11.7 Å². The normalized spacial score (nSPS) is 19.1. The first kappa shape index (κ1) is 18.7. The molecule has 12 heteroatoms. The Morgan fingerprint density at radius 2 is 1.72 bits per heavy atom. The van der Waals surface area contributed by atoms with Crippen molar-refractivity contribution in [3.63, 3.8) is 0 Å². The van der Waals surface area contributed by atoms with Crippen LogP contribution in [0.5, 0.6) is 0 Å². The monoisotopic (exact) mass is 441 g/mol. The third kappa shape index (κ3) is 3.59. The topological polar surface area (TPSA) is 118 Å². The van der Waals surface area contributed by atoms with Crippen LogP contribution in [-0.4, -0.2) is 16.8 Å². The molecule has 1 heterocycles. The zero-order chi connectivity index (χ0) is 18.6. The number of sulfonamides is 2. The van der Waals surface area contributed by atoms with Crippen LogP contribution in [0.25, 0.3) is 0 Å². The minimum atomic E-state index is -4.18. The van der Waals surface area contributed by atoms with Crippen molar-refractivity contribution in [2.24, 2.45) is 5.14 Å². The lowest BCUT2D eigenvalue weighted by molar-refractivity contribution is 0.562. The lowest BCUT2D eigenvalue weighted by Gasteiger charge is -2.29. The van der Waals surface area contributed by atoms with E-state index in [2.05, 4.69) is 10.0 Å². The highest BCUT2D eigenvalue weighted by Crippen LogP contribution is 2.38. The van der Waals surface area contributed by atoms with Gasteiger partial charge in [0.2, 0.25) is 20.0 Å². The fraction of sp³-hybridized carbons (Fsp3) is 0.0769. The zero-order valence-corrected chi connectivity index (χ0v) is 16.0. The van der Waals surface area contributed by atoms with E-state index < -0.39 is 31.1 Å². The van der Waals surface area contributed by atoms with Gasteiger partial charge in [0.1, 0.15) is 16.0 Å². The number of halogens is 3. The van der Waals surface area contributed by atoms with Gasteiger partial charge in [0.25, 0.3) is 0 Å². The lowest BCUT2D eigenvalue weighted by atomic mass is 10.1. The van der Waals surface area contributed by atoms with Crippen molar-refractivity contribution in [3.8, 4) is 0 Å². The van der Waals surface area contributed by atoms with Crippen molar-refractivity contribution in [3.05, 3.63) is 51.0 Å². The second-order valence-electron chi connectivity index (χ2n) is 5.19. The van der Waals surface area contributed by atoms with E-state index in [9.17, 15) is 16.8 Å². The van der Waals surface area contributed by atoms with Crippen molar-refractivity contribution < 1.29 is 16.8 Å². The van der Waals surface area contributed by atoms with E-state index in [1.54, 1.807) is 12.1 Å². The molecule has 0 spiro atoms. The van der Waals surface area contributed by atoms with E-state index in [-0.39, 0.29) is 20.6 Å². The molecule has 2 aromatic carbocycles. The summed E-state index contributed by atoms with van der Waals surface area (Å²) in [4.78, 5) is -0.773. The van der Waals surface area contributed by atoms with E-state index in [1.165, 1.54) is 12.1 Å². The Balaban J connectivity index is 2.14. The Morgan fingerprint density at radius 3 is 2.32 bits per heavy atom. The Hall–Kier alpha value is -1.07. The van der Waals surface area contributed by atoms with Crippen molar-refractivity contribution in [1.82, 2.24) is 4.72 Å². The van der Waals surface area contributed by atoms with Gasteiger partial charge in [-0.25, -0.2) is 22.0 Å². The minimum absolute atomic E-state index is 0.118. The molecule has 1 aliphatic heterocycles. The number of nitrogens with one attached hydrogen (secondary N) is 2. The maximum atomic E-state index is 12.5. The average Bonchev–Trinajstić information content (AvgIpc) is 2.44. The molecule has 3 rings (SSSR count). The number of nitrogens with two attached hydrogens (primary N) is 1. The molecule has 0 aromatic heterocycles. The Labute approximate surface area is 159 Å². The summed E-state index contributed by atoms with van der Waals surface area (Å²) in [6, 6.07) is 6.69. The molecular formula is C13H10Cl3N3O4S2. The first-order valence-electron chi connectivity index (χ1n) is 6.59. The van der Waals surface area contributed by atoms with Gasteiger partial charge in [-0.1, -0.05) is 40.9 Å². The number of fused-ring (bicyclic) bond motifs is 1. The van der Waals surface area contributed by atoms with E-state index in [4.69, 9.17) is 39.9 Å². The summed E-state index contributed by atoms with van der Waals surface area (Å²) < 4.78 is 50.5. The van der Waals surface area contributed by atoms with Crippen LogP contribution in [0.15, 0.2) is 40.1 Å². The number of rotatable bonds is 2. The number of anilines is 1. The zero-order valence-electron chi connectivity index (χ0n) is 12.1. The van der Waals surface area contributed by atoms with Gasteiger partial charge in [-0.3, -0.25) is 0 Å². The van der Waals surface area contributed by atoms with E-state index in [0.717, 1.165) is 6.07 Å². The van der Waals surface area contributed by atoms with Crippen LogP contribution in [0.4, 0.5) is 5.69 Å². The van der Waals surface area contributed by atoms with Crippen LogP contribution in [0, 0.1) is 0 Å². The predicted octanol–water partition coefficient (Wildman–Crippen LogP) is 2.70. The molecule has 0 aliphatic carbocycles. The molecule has 0 fully saturated rings. The fourth-order valence-electron chi connectivity index (χ4n) is 2.37. The second-order valence-corrected chi connectivity index (χ2v) is 9.65. The second kappa shape index (κ2) is 6.27. The Bertz CT molecular complexity index is 1090. The maximum Gasteiger partial charge on any atom is 0.244 e. The highest BCUT2D eigenvalue weighted by molar-refractivity contribution is 7.90. The lowest BCUT2D eigenvalue weighted by Crippen LogP contribution is -2.38. The molecule has 2 aromatic rings. The molecule has 25 heavy (non-hydrogen) atoms. The summed E-state index contributed by atoms with van der Waals surface area (Å²) in [5.41, 5.74) is 0.555. The summed E-state index contributed by atoms with van der Waals surface area (Å²) in [7, 11) is -8.23. The summed E-state index contributed by atoms with van der Waals surface area (Å²) in [5, 5.41) is 8.41. The highest BCUT2D eigenvalue weighted by atomic mass is 35.5. The molecule has 0 amide bonds. The maximum absolute atomic E-state index is 12.5. The van der Waals surface area contributed by atoms with Gasteiger partial charge in [-0.2, -0.15) is 4.72 Å².